The van der Waals surface area contributed by atoms with Gasteiger partial charge in [0.15, 0.2) is 6.29 Å². The molecule has 0 aromatic heterocycles. The van der Waals surface area contributed by atoms with Crippen molar-refractivity contribution in [3.8, 4) is 0 Å². The van der Waals surface area contributed by atoms with Crippen LogP contribution in [0.5, 0.6) is 0 Å². The predicted molar refractivity (Wildman–Crippen MR) is 181 cm³/mol. The molecule has 47 heavy (non-hydrogen) atoms. The van der Waals surface area contributed by atoms with Gasteiger partial charge in [0.1, 0.15) is 0 Å². The SMILES string of the molecule is O=C(NCc1ccccc1)NCc1ccc([C@@H]2O[C@H](CN3CCC(O)(c4ccc(Cl)cc4)CC3)C[C@H](c3ccc(CO)cc3)O2)cc1. The first kappa shape index (κ1) is 33.2. The zero-order valence-electron chi connectivity index (χ0n) is 26.4. The number of urea groups is 1. The molecule has 0 radical (unpaired) electrons. The van der Waals surface area contributed by atoms with Gasteiger partial charge in [-0.25, -0.2) is 4.79 Å². The van der Waals surface area contributed by atoms with Gasteiger partial charge in [0.25, 0.3) is 0 Å². The van der Waals surface area contributed by atoms with E-state index in [1.165, 1.54) is 0 Å². The number of piperidine rings is 1. The summed E-state index contributed by atoms with van der Waals surface area (Å²) in [6.07, 6.45) is 1.11. The number of carbonyl (C=O) groups is 1. The van der Waals surface area contributed by atoms with E-state index < -0.39 is 11.9 Å². The quantitative estimate of drug-likeness (QED) is 0.159. The molecule has 0 saturated carbocycles. The van der Waals surface area contributed by atoms with Crippen LogP contribution in [0.4, 0.5) is 4.79 Å². The Morgan fingerprint density at radius 1 is 0.787 bits per heavy atom. The van der Waals surface area contributed by atoms with E-state index in [0.29, 0.717) is 37.4 Å². The van der Waals surface area contributed by atoms with Gasteiger partial charge in [0.05, 0.1) is 24.4 Å². The van der Waals surface area contributed by atoms with E-state index in [9.17, 15) is 15.0 Å². The van der Waals surface area contributed by atoms with Gasteiger partial charge in [-0.3, -0.25) is 0 Å². The molecular formula is C38H42ClN3O5. The second-order valence-electron chi connectivity index (χ2n) is 12.5. The zero-order valence-corrected chi connectivity index (χ0v) is 27.1. The number of benzene rings is 4. The fourth-order valence-corrected chi connectivity index (χ4v) is 6.42. The van der Waals surface area contributed by atoms with Crippen molar-refractivity contribution in [3.63, 3.8) is 0 Å². The van der Waals surface area contributed by atoms with Gasteiger partial charge in [-0.05, 0) is 52.8 Å². The van der Waals surface area contributed by atoms with Crippen molar-refractivity contribution < 1.29 is 24.5 Å². The number of hydrogen-bond acceptors (Lipinski definition) is 6. The molecule has 0 spiro atoms. The Bertz CT molecular complexity index is 1580. The third-order valence-electron chi connectivity index (χ3n) is 9.14. The Hall–Kier alpha value is -3.76. The summed E-state index contributed by atoms with van der Waals surface area (Å²) in [5.41, 5.74) is 4.85. The molecule has 2 saturated heterocycles. The molecule has 3 atom stereocenters. The van der Waals surface area contributed by atoms with Gasteiger partial charge < -0.3 is 35.2 Å². The molecule has 246 valence electrons. The number of nitrogens with zero attached hydrogens (tertiary/aromatic N) is 1. The lowest BCUT2D eigenvalue weighted by Crippen LogP contribution is -2.46. The Morgan fingerprint density at radius 2 is 1.38 bits per heavy atom. The Kier molecular flexibility index (Phi) is 10.9. The molecule has 8 nitrogen and oxygen atoms in total. The summed E-state index contributed by atoms with van der Waals surface area (Å²) >= 11 is 6.07. The summed E-state index contributed by atoms with van der Waals surface area (Å²) in [4.78, 5) is 14.7. The Labute approximate surface area is 281 Å². The van der Waals surface area contributed by atoms with Crippen LogP contribution in [0.3, 0.4) is 0 Å². The van der Waals surface area contributed by atoms with Crippen LogP contribution in [0.1, 0.15) is 65.0 Å². The monoisotopic (exact) mass is 655 g/mol. The van der Waals surface area contributed by atoms with Gasteiger partial charge in [0, 0.05) is 49.7 Å². The molecule has 0 aliphatic carbocycles. The number of rotatable bonds is 10. The van der Waals surface area contributed by atoms with Crippen molar-refractivity contribution in [2.45, 2.75) is 63.1 Å². The number of amides is 2. The zero-order chi connectivity index (χ0) is 32.6. The van der Waals surface area contributed by atoms with E-state index in [2.05, 4.69) is 15.5 Å². The topological polar surface area (TPSA) is 103 Å². The lowest BCUT2D eigenvalue weighted by molar-refractivity contribution is -0.253. The average molecular weight is 656 g/mol. The van der Waals surface area contributed by atoms with E-state index >= 15 is 0 Å². The highest BCUT2D eigenvalue weighted by Gasteiger charge is 2.37. The second-order valence-corrected chi connectivity index (χ2v) is 12.9. The molecule has 9 heteroatoms. The van der Waals surface area contributed by atoms with Crippen molar-refractivity contribution in [3.05, 3.63) is 142 Å². The van der Waals surface area contributed by atoms with Crippen LogP contribution in [0.15, 0.2) is 103 Å². The van der Waals surface area contributed by atoms with Crippen LogP contribution < -0.4 is 10.6 Å². The predicted octanol–water partition coefficient (Wildman–Crippen LogP) is 6.36. The third-order valence-corrected chi connectivity index (χ3v) is 9.39. The summed E-state index contributed by atoms with van der Waals surface area (Å²) in [6, 6.07) is 32.9. The summed E-state index contributed by atoms with van der Waals surface area (Å²) in [6.45, 7) is 3.08. The van der Waals surface area contributed by atoms with Crippen LogP contribution in [0, 0.1) is 0 Å². The van der Waals surface area contributed by atoms with Crippen LogP contribution in [0.25, 0.3) is 0 Å². The van der Waals surface area contributed by atoms with Crippen molar-refractivity contribution in [1.29, 1.82) is 0 Å². The molecule has 2 fully saturated rings. The smallest absolute Gasteiger partial charge is 0.315 e. The maximum Gasteiger partial charge on any atom is 0.315 e. The molecule has 2 aliphatic rings. The van der Waals surface area contributed by atoms with Gasteiger partial charge >= 0.3 is 6.03 Å². The molecule has 0 unspecified atom stereocenters. The highest BCUT2D eigenvalue weighted by atomic mass is 35.5. The second kappa shape index (κ2) is 15.4. The molecule has 4 aromatic carbocycles. The summed E-state index contributed by atoms with van der Waals surface area (Å²) in [7, 11) is 0. The van der Waals surface area contributed by atoms with Crippen molar-refractivity contribution in [2.75, 3.05) is 19.6 Å². The van der Waals surface area contributed by atoms with Crippen molar-refractivity contribution in [1.82, 2.24) is 15.5 Å². The Morgan fingerprint density at radius 3 is 2.02 bits per heavy atom. The Balaban J connectivity index is 1.08. The number of ether oxygens (including phenoxy) is 2. The van der Waals surface area contributed by atoms with Crippen LogP contribution in [0.2, 0.25) is 5.02 Å². The van der Waals surface area contributed by atoms with E-state index in [1.807, 2.05) is 103 Å². The fraction of sp³-hybridized carbons (Fsp3) is 0.342. The summed E-state index contributed by atoms with van der Waals surface area (Å²) in [5.74, 6) is 0. The maximum atomic E-state index is 12.3. The van der Waals surface area contributed by atoms with E-state index in [1.54, 1.807) is 0 Å². The minimum atomic E-state index is -0.865. The molecule has 2 heterocycles. The van der Waals surface area contributed by atoms with Gasteiger partial charge in [0.2, 0.25) is 0 Å². The standard InChI is InChI=1S/C38H42ClN3O5/c39-33-16-14-32(15-17-33)38(45)18-20-42(21-19-38)25-34-22-35(30-10-8-29(26-43)9-11-30)47-36(46-34)31-12-6-28(7-13-31)24-41-37(44)40-23-27-4-2-1-3-5-27/h1-17,34-36,43,45H,18-26H2,(H2,40,41,44)/t34-,35+,36+/m0/s1. The van der Waals surface area contributed by atoms with Crippen LogP contribution in [-0.4, -0.2) is 46.9 Å². The minimum absolute atomic E-state index is 0.00656. The lowest BCUT2D eigenvalue weighted by atomic mass is 9.84. The number of likely N-dealkylation sites (tertiary alicyclic amines) is 1. The fourth-order valence-electron chi connectivity index (χ4n) is 6.29. The normalized spacial score (nSPS) is 21.2. The van der Waals surface area contributed by atoms with Crippen LogP contribution in [-0.2, 0) is 34.8 Å². The lowest BCUT2D eigenvalue weighted by Gasteiger charge is -2.42. The van der Waals surface area contributed by atoms with E-state index in [0.717, 1.165) is 53.0 Å². The molecule has 2 amide bonds. The first-order valence-corrected chi connectivity index (χ1v) is 16.6. The number of halogens is 1. The highest BCUT2D eigenvalue weighted by molar-refractivity contribution is 6.30. The number of hydrogen-bond donors (Lipinski definition) is 4. The van der Waals surface area contributed by atoms with Crippen molar-refractivity contribution in [2.24, 2.45) is 0 Å². The first-order chi connectivity index (χ1) is 22.9. The third kappa shape index (κ3) is 8.78. The minimum Gasteiger partial charge on any atom is -0.392 e. The van der Waals surface area contributed by atoms with Crippen LogP contribution >= 0.6 is 11.6 Å². The van der Waals surface area contributed by atoms with E-state index in [-0.39, 0.29) is 24.8 Å². The largest absolute Gasteiger partial charge is 0.392 e. The number of nitrogens with one attached hydrogen (secondary N) is 2. The number of carbonyl (C=O) groups excluding carboxylic acids is 1. The summed E-state index contributed by atoms with van der Waals surface area (Å²) in [5, 5.41) is 27.4. The molecule has 4 aromatic rings. The molecular weight excluding hydrogens is 614 g/mol. The molecule has 6 rings (SSSR count). The van der Waals surface area contributed by atoms with Gasteiger partial charge in [-0.2, -0.15) is 0 Å². The number of aliphatic hydroxyl groups excluding tert-OH is 1. The maximum absolute atomic E-state index is 12.3. The molecule has 2 aliphatic heterocycles. The average Bonchev–Trinajstić information content (AvgIpc) is 3.11. The first-order valence-electron chi connectivity index (χ1n) is 16.2. The summed E-state index contributed by atoms with van der Waals surface area (Å²) < 4.78 is 13.1. The molecule has 0 bridgehead atoms. The van der Waals surface area contributed by atoms with E-state index in [4.69, 9.17) is 21.1 Å². The molecule has 4 N–H and O–H groups in total. The number of aliphatic hydroxyl groups is 2. The van der Waals surface area contributed by atoms with Gasteiger partial charge in [-0.1, -0.05) is 103 Å². The highest BCUT2D eigenvalue weighted by Crippen LogP contribution is 2.39. The van der Waals surface area contributed by atoms with Gasteiger partial charge in [-0.15, -0.1) is 0 Å². The van der Waals surface area contributed by atoms with Crippen molar-refractivity contribution >= 4 is 17.6 Å².